The van der Waals surface area contributed by atoms with Gasteiger partial charge in [0.2, 0.25) is 5.95 Å². The summed E-state index contributed by atoms with van der Waals surface area (Å²) in [5.74, 6) is 1.38. The minimum absolute atomic E-state index is 0.113. The molecule has 0 bridgehead atoms. The Hall–Kier alpha value is -3.53. The van der Waals surface area contributed by atoms with Gasteiger partial charge in [0, 0.05) is 56.7 Å². The van der Waals surface area contributed by atoms with E-state index in [9.17, 15) is 4.79 Å². The van der Waals surface area contributed by atoms with Crippen LogP contribution in [0.1, 0.15) is 52.0 Å². The van der Waals surface area contributed by atoms with Crippen LogP contribution in [0.2, 0.25) is 0 Å². The van der Waals surface area contributed by atoms with E-state index in [0.29, 0.717) is 11.5 Å². The van der Waals surface area contributed by atoms with Gasteiger partial charge >= 0.3 is 6.09 Å². The third-order valence-corrected chi connectivity index (χ3v) is 8.53. The van der Waals surface area contributed by atoms with E-state index in [1.165, 1.54) is 11.3 Å². The molecule has 41 heavy (non-hydrogen) atoms. The molecule has 2 aromatic heterocycles. The Balaban J connectivity index is 1.16. The molecular formula is C31H42N6O4. The second-order valence-electron chi connectivity index (χ2n) is 12.7. The van der Waals surface area contributed by atoms with Gasteiger partial charge in [-0.1, -0.05) is 0 Å². The molecule has 3 aliphatic rings. The number of piperidine rings is 2. The van der Waals surface area contributed by atoms with Gasteiger partial charge in [0.1, 0.15) is 11.1 Å². The normalized spacial score (nSPS) is 19.6. The zero-order valence-electron chi connectivity index (χ0n) is 24.7. The van der Waals surface area contributed by atoms with Gasteiger partial charge in [0.25, 0.3) is 0 Å². The molecule has 1 N–H and O–H groups in total. The smallest absolute Gasteiger partial charge is 0.410 e. The highest BCUT2D eigenvalue weighted by Gasteiger charge is 2.41. The number of nitrogens with one attached hydrogen (secondary N) is 1. The molecule has 5 heterocycles. The van der Waals surface area contributed by atoms with Crippen LogP contribution in [-0.4, -0.2) is 79.0 Å². The first-order valence-corrected chi connectivity index (χ1v) is 14.9. The summed E-state index contributed by atoms with van der Waals surface area (Å²) >= 11 is 0. The van der Waals surface area contributed by atoms with Crippen LogP contribution in [0, 0.1) is 12.3 Å². The highest BCUT2D eigenvalue weighted by Crippen LogP contribution is 2.42. The number of furan rings is 1. The second kappa shape index (κ2) is 11.0. The molecule has 0 aliphatic carbocycles. The fourth-order valence-electron chi connectivity index (χ4n) is 6.43. The fourth-order valence-corrected chi connectivity index (χ4v) is 6.43. The molecule has 10 heteroatoms. The van der Waals surface area contributed by atoms with Crippen LogP contribution in [0.3, 0.4) is 0 Å². The second-order valence-corrected chi connectivity index (χ2v) is 12.7. The van der Waals surface area contributed by atoms with Crippen molar-refractivity contribution in [3.05, 3.63) is 36.1 Å². The first-order valence-electron chi connectivity index (χ1n) is 14.9. The highest BCUT2D eigenvalue weighted by molar-refractivity contribution is 5.86. The van der Waals surface area contributed by atoms with Crippen molar-refractivity contribution in [3.63, 3.8) is 0 Å². The summed E-state index contributed by atoms with van der Waals surface area (Å²) in [4.78, 5) is 29.1. The molecule has 3 fully saturated rings. The van der Waals surface area contributed by atoms with Gasteiger partial charge in [0.15, 0.2) is 11.4 Å². The number of aryl methyl sites for hydroxylation is 1. The van der Waals surface area contributed by atoms with E-state index in [0.717, 1.165) is 95.2 Å². The number of hydrogen-bond acceptors (Lipinski definition) is 9. The topological polar surface area (TPSA) is 96.2 Å². The number of hydrogen-bond donors (Lipinski definition) is 1. The first-order chi connectivity index (χ1) is 19.7. The Labute approximate surface area is 242 Å². The maximum Gasteiger partial charge on any atom is 0.410 e. The lowest BCUT2D eigenvalue weighted by atomic mass is 9.72. The third kappa shape index (κ3) is 6.07. The summed E-state index contributed by atoms with van der Waals surface area (Å²) < 4.78 is 17.1. The minimum Gasteiger partial charge on any atom is -0.459 e. The van der Waals surface area contributed by atoms with E-state index in [2.05, 4.69) is 40.2 Å². The van der Waals surface area contributed by atoms with Crippen LogP contribution in [0.4, 0.5) is 27.9 Å². The molecule has 1 spiro atoms. The molecule has 0 saturated carbocycles. The van der Waals surface area contributed by atoms with Crippen LogP contribution < -0.4 is 15.1 Å². The van der Waals surface area contributed by atoms with Crippen LogP contribution in [0.15, 0.2) is 34.9 Å². The maximum absolute atomic E-state index is 12.8. The summed E-state index contributed by atoms with van der Waals surface area (Å²) in [5.41, 5.74) is 4.52. The molecule has 0 unspecified atom stereocenters. The van der Waals surface area contributed by atoms with Gasteiger partial charge in [-0.05, 0) is 82.6 Å². The van der Waals surface area contributed by atoms with Gasteiger partial charge in [-0.15, -0.1) is 0 Å². The van der Waals surface area contributed by atoms with E-state index < -0.39 is 5.60 Å². The number of likely N-dealkylation sites (tertiary alicyclic amines) is 1. The number of ether oxygens (including phenoxy) is 2. The van der Waals surface area contributed by atoms with Gasteiger partial charge in [0.05, 0.1) is 19.5 Å². The molecule has 1 aromatic carbocycles. The zero-order chi connectivity index (χ0) is 28.6. The van der Waals surface area contributed by atoms with Crippen molar-refractivity contribution in [2.24, 2.45) is 5.41 Å². The van der Waals surface area contributed by atoms with Crippen molar-refractivity contribution in [1.29, 1.82) is 0 Å². The average molecular weight is 563 g/mol. The highest BCUT2D eigenvalue weighted by atomic mass is 16.6. The third-order valence-electron chi connectivity index (χ3n) is 8.53. The van der Waals surface area contributed by atoms with E-state index in [4.69, 9.17) is 23.9 Å². The van der Waals surface area contributed by atoms with E-state index >= 15 is 0 Å². The number of carbonyl (C=O) groups excluding carboxylic acids is 1. The van der Waals surface area contributed by atoms with Gasteiger partial charge < -0.3 is 33.9 Å². The molecule has 0 radical (unpaired) electrons. The summed E-state index contributed by atoms with van der Waals surface area (Å²) in [7, 11) is 0. The molecular weight excluding hydrogens is 520 g/mol. The Morgan fingerprint density at radius 3 is 2.51 bits per heavy atom. The Morgan fingerprint density at radius 2 is 1.78 bits per heavy atom. The Bertz CT molecular complexity index is 1380. The number of benzene rings is 1. The number of aromatic nitrogens is 2. The van der Waals surface area contributed by atoms with Gasteiger partial charge in [-0.25, -0.2) is 9.78 Å². The Morgan fingerprint density at radius 1 is 1.00 bits per heavy atom. The molecule has 1 amide bonds. The summed E-state index contributed by atoms with van der Waals surface area (Å²) in [6.45, 7) is 14.5. The minimum atomic E-state index is -0.484. The fraction of sp³-hybridized carbons (Fsp3) is 0.581. The van der Waals surface area contributed by atoms with Crippen molar-refractivity contribution in [2.45, 2.75) is 59.0 Å². The van der Waals surface area contributed by atoms with E-state index in [-0.39, 0.29) is 11.5 Å². The van der Waals surface area contributed by atoms with Gasteiger partial charge in [-0.2, -0.15) is 4.98 Å². The molecule has 10 nitrogen and oxygen atoms in total. The number of nitrogens with zero attached hydrogens (tertiary/aromatic N) is 5. The zero-order valence-corrected chi connectivity index (χ0v) is 24.7. The predicted molar refractivity (Wildman–Crippen MR) is 160 cm³/mol. The number of anilines is 4. The standard InChI is InChI=1S/C31H42N6O4/c1-22-20-23(6-7-25(22)35-15-18-39-19-16-35)32-28-33-24-8-17-40-26(24)27(34-28)36-13-10-31(11-14-36)9-5-12-37(21-31)29(38)41-30(2,3)4/h6-8,17,20H,5,9-16,18-19,21H2,1-4H3,(H,32,33,34). The first kappa shape index (κ1) is 27.6. The summed E-state index contributed by atoms with van der Waals surface area (Å²) in [6.07, 6.45) is 5.60. The molecule has 3 aliphatic heterocycles. The molecule has 3 saturated heterocycles. The quantitative estimate of drug-likeness (QED) is 0.428. The number of rotatable bonds is 4. The van der Waals surface area contributed by atoms with Crippen LogP contribution in [0.5, 0.6) is 0 Å². The monoisotopic (exact) mass is 562 g/mol. The van der Waals surface area contributed by atoms with Crippen molar-refractivity contribution in [1.82, 2.24) is 14.9 Å². The lowest BCUT2D eigenvalue weighted by Gasteiger charge is -2.47. The van der Waals surface area contributed by atoms with Crippen LogP contribution in [0.25, 0.3) is 11.1 Å². The van der Waals surface area contributed by atoms with Crippen molar-refractivity contribution < 1.29 is 18.7 Å². The van der Waals surface area contributed by atoms with E-state index in [1.54, 1.807) is 6.26 Å². The average Bonchev–Trinajstić information content (AvgIpc) is 3.42. The van der Waals surface area contributed by atoms with Crippen LogP contribution >= 0.6 is 0 Å². The van der Waals surface area contributed by atoms with Gasteiger partial charge in [-0.3, -0.25) is 0 Å². The number of carbonyl (C=O) groups is 1. The number of fused-ring (bicyclic) bond motifs is 1. The predicted octanol–water partition coefficient (Wildman–Crippen LogP) is 5.73. The number of amides is 1. The molecule has 0 atom stereocenters. The summed E-state index contributed by atoms with van der Waals surface area (Å²) in [5, 5.41) is 3.44. The lowest BCUT2D eigenvalue weighted by molar-refractivity contribution is -0.000545. The van der Waals surface area contributed by atoms with E-state index in [1.807, 2.05) is 31.7 Å². The summed E-state index contributed by atoms with van der Waals surface area (Å²) in [6, 6.07) is 8.29. The van der Waals surface area contributed by atoms with Crippen molar-refractivity contribution in [3.8, 4) is 0 Å². The Kier molecular flexibility index (Phi) is 7.44. The molecule has 6 rings (SSSR count). The largest absolute Gasteiger partial charge is 0.459 e. The number of morpholine rings is 1. The van der Waals surface area contributed by atoms with Crippen LogP contribution in [-0.2, 0) is 9.47 Å². The molecule has 3 aromatic rings. The lowest BCUT2D eigenvalue weighted by Crippen LogP contribution is -2.52. The maximum atomic E-state index is 12.8. The molecule has 220 valence electrons. The SMILES string of the molecule is Cc1cc(Nc2nc(N3CCC4(CCCN(C(=O)OC(C)(C)C)C4)CC3)c3occc3n2)ccc1N1CCOCC1. The van der Waals surface area contributed by atoms with Crippen molar-refractivity contribution >= 4 is 40.3 Å². The van der Waals surface area contributed by atoms with Crippen molar-refractivity contribution in [2.75, 3.05) is 67.6 Å².